The summed E-state index contributed by atoms with van der Waals surface area (Å²) in [5.41, 5.74) is 7.40. The molecule has 0 radical (unpaired) electrons. The van der Waals surface area contributed by atoms with Crippen LogP contribution in [0.2, 0.25) is 0 Å². The summed E-state index contributed by atoms with van der Waals surface area (Å²) in [6, 6.07) is -0.258. The fraction of sp³-hybridized carbons (Fsp3) is 0.667. The first-order valence-corrected chi connectivity index (χ1v) is 5.62. The van der Waals surface area contributed by atoms with Crippen molar-refractivity contribution in [2.24, 2.45) is 11.1 Å². The molecule has 3 N–H and O–H groups in total. The van der Waals surface area contributed by atoms with Crippen molar-refractivity contribution in [2.45, 2.75) is 47.1 Å². The molecular formula is C12H21N3O. The van der Waals surface area contributed by atoms with Gasteiger partial charge in [0.15, 0.2) is 0 Å². The second-order valence-electron chi connectivity index (χ2n) is 5.22. The van der Waals surface area contributed by atoms with Crippen LogP contribution in [0, 0.1) is 12.3 Å². The molecule has 0 aliphatic rings. The van der Waals surface area contributed by atoms with E-state index >= 15 is 0 Å². The first kappa shape index (κ1) is 12.9. The second-order valence-corrected chi connectivity index (χ2v) is 5.22. The maximum atomic E-state index is 11.7. The molecule has 90 valence electrons. The Kier molecular flexibility index (Phi) is 3.53. The number of rotatable bonds is 2. The van der Waals surface area contributed by atoms with Crippen molar-refractivity contribution in [1.82, 2.24) is 9.97 Å². The predicted octanol–water partition coefficient (Wildman–Crippen LogP) is 1.69. The highest BCUT2D eigenvalue weighted by Gasteiger charge is 2.25. The van der Waals surface area contributed by atoms with Gasteiger partial charge in [-0.05, 0) is 18.8 Å². The fourth-order valence-electron chi connectivity index (χ4n) is 1.50. The highest BCUT2D eigenvalue weighted by Crippen LogP contribution is 2.27. The lowest BCUT2D eigenvalue weighted by atomic mass is 9.87. The van der Waals surface area contributed by atoms with Crippen LogP contribution in [-0.2, 0) is 6.42 Å². The highest BCUT2D eigenvalue weighted by molar-refractivity contribution is 5.17. The van der Waals surface area contributed by atoms with E-state index < -0.39 is 0 Å². The monoisotopic (exact) mass is 223 g/mol. The molecule has 1 atom stereocenters. The van der Waals surface area contributed by atoms with Crippen LogP contribution in [0.15, 0.2) is 4.79 Å². The fourth-order valence-corrected chi connectivity index (χ4v) is 1.50. The van der Waals surface area contributed by atoms with Crippen LogP contribution in [0.25, 0.3) is 0 Å². The number of H-pyrrole nitrogens is 1. The number of nitrogens with one attached hydrogen (secondary N) is 1. The highest BCUT2D eigenvalue weighted by atomic mass is 16.1. The van der Waals surface area contributed by atoms with Crippen molar-refractivity contribution in [2.75, 3.05) is 0 Å². The van der Waals surface area contributed by atoms with Crippen LogP contribution in [0.4, 0.5) is 0 Å². The van der Waals surface area contributed by atoms with Crippen LogP contribution in [-0.4, -0.2) is 9.97 Å². The molecule has 1 aromatic rings. The van der Waals surface area contributed by atoms with Crippen molar-refractivity contribution in [3.8, 4) is 0 Å². The van der Waals surface area contributed by atoms with Crippen molar-refractivity contribution < 1.29 is 0 Å². The van der Waals surface area contributed by atoms with Crippen LogP contribution in [0.5, 0.6) is 0 Å². The molecule has 0 aliphatic heterocycles. The maximum absolute atomic E-state index is 11.7. The Balaban J connectivity index is 3.27. The van der Waals surface area contributed by atoms with E-state index in [4.69, 9.17) is 5.73 Å². The number of aromatic amines is 1. The van der Waals surface area contributed by atoms with E-state index in [1.54, 1.807) is 6.92 Å². The number of aromatic nitrogens is 2. The Morgan fingerprint density at radius 3 is 2.44 bits per heavy atom. The molecule has 1 heterocycles. The molecule has 0 bridgehead atoms. The molecule has 16 heavy (non-hydrogen) atoms. The third kappa shape index (κ3) is 2.50. The van der Waals surface area contributed by atoms with Gasteiger partial charge in [-0.3, -0.25) is 4.79 Å². The van der Waals surface area contributed by atoms with Gasteiger partial charge >= 0.3 is 0 Å². The van der Waals surface area contributed by atoms with Gasteiger partial charge in [0.25, 0.3) is 5.56 Å². The Bertz CT molecular complexity index is 429. The van der Waals surface area contributed by atoms with Gasteiger partial charge in [-0.1, -0.05) is 27.7 Å². The molecule has 0 aromatic carbocycles. The SMILES string of the molecule is CCc1nc(C(N)C(C)(C)C)[nH]c(=O)c1C. The van der Waals surface area contributed by atoms with Crippen LogP contribution in [0.3, 0.4) is 0 Å². The number of aryl methyl sites for hydroxylation is 1. The lowest BCUT2D eigenvalue weighted by Crippen LogP contribution is -2.31. The average molecular weight is 223 g/mol. The van der Waals surface area contributed by atoms with Gasteiger partial charge < -0.3 is 10.7 Å². The molecule has 1 rings (SSSR count). The molecule has 0 saturated heterocycles. The summed E-state index contributed by atoms with van der Waals surface area (Å²) < 4.78 is 0. The lowest BCUT2D eigenvalue weighted by molar-refractivity contribution is 0.314. The minimum absolute atomic E-state index is 0.0819. The molecule has 4 heteroatoms. The first-order chi connectivity index (χ1) is 7.27. The van der Waals surface area contributed by atoms with E-state index in [9.17, 15) is 4.79 Å². The van der Waals surface area contributed by atoms with E-state index in [0.29, 0.717) is 11.4 Å². The maximum Gasteiger partial charge on any atom is 0.254 e. The molecular weight excluding hydrogens is 202 g/mol. The Morgan fingerprint density at radius 1 is 1.44 bits per heavy atom. The Labute approximate surface area is 96.3 Å². The molecule has 0 amide bonds. The second kappa shape index (κ2) is 4.37. The smallest absolute Gasteiger partial charge is 0.254 e. The molecule has 4 nitrogen and oxygen atoms in total. The average Bonchev–Trinajstić information content (AvgIpc) is 2.19. The van der Waals surface area contributed by atoms with Gasteiger partial charge in [0.05, 0.1) is 11.7 Å². The quantitative estimate of drug-likeness (QED) is 0.801. The largest absolute Gasteiger partial charge is 0.321 e. The molecule has 0 saturated carbocycles. The first-order valence-electron chi connectivity index (χ1n) is 5.62. The summed E-state index contributed by atoms with van der Waals surface area (Å²) in [5, 5.41) is 0. The zero-order valence-electron chi connectivity index (χ0n) is 10.7. The van der Waals surface area contributed by atoms with Gasteiger partial charge in [-0.15, -0.1) is 0 Å². The van der Waals surface area contributed by atoms with E-state index in [1.807, 2.05) is 27.7 Å². The van der Waals surface area contributed by atoms with Gasteiger partial charge in [0.1, 0.15) is 5.82 Å². The summed E-state index contributed by atoms with van der Waals surface area (Å²) in [5.74, 6) is 0.583. The minimum atomic E-state index is -0.258. The molecule has 0 spiro atoms. The van der Waals surface area contributed by atoms with Gasteiger partial charge in [-0.2, -0.15) is 0 Å². The van der Waals surface area contributed by atoms with E-state index in [2.05, 4.69) is 9.97 Å². The topological polar surface area (TPSA) is 71.8 Å². The zero-order valence-corrected chi connectivity index (χ0v) is 10.7. The molecule has 0 aliphatic carbocycles. The van der Waals surface area contributed by atoms with E-state index in [1.165, 1.54) is 0 Å². The summed E-state index contributed by atoms with van der Waals surface area (Å²) >= 11 is 0. The summed E-state index contributed by atoms with van der Waals surface area (Å²) in [6.07, 6.45) is 0.750. The summed E-state index contributed by atoms with van der Waals surface area (Å²) in [7, 11) is 0. The van der Waals surface area contributed by atoms with Gasteiger partial charge in [0.2, 0.25) is 0 Å². The van der Waals surface area contributed by atoms with Gasteiger partial charge in [0, 0.05) is 5.56 Å². The minimum Gasteiger partial charge on any atom is -0.321 e. The van der Waals surface area contributed by atoms with Crippen molar-refractivity contribution in [3.63, 3.8) is 0 Å². The molecule has 1 unspecified atom stereocenters. The Hall–Kier alpha value is -1.16. The van der Waals surface area contributed by atoms with Crippen molar-refractivity contribution in [1.29, 1.82) is 0 Å². The third-order valence-electron chi connectivity index (χ3n) is 2.83. The number of nitrogens with two attached hydrogens (primary N) is 1. The van der Waals surface area contributed by atoms with E-state index in [-0.39, 0.29) is 17.0 Å². The third-order valence-corrected chi connectivity index (χ3v) is 2.83. The standard InChI is InChI=1S/C12H21N3O/c1-6-8-7(2)11(16)15-10(14-8)9(13)12(3,4)5/h9H,6,13H2,1-5H3,(H,14,15,16). The van der Waals surface area contributed by atoms with Crippen molar-refractivity contribution in [3.05, 3.63) is 27.4 Å². The van der Waals surface area contributed by atoms with Gasteiger partial charge in [-0.25, -0.2) is 4.98 Å². The van der Waals surface area contributed by atoms with Crippen LogP contribution in [0.1, 0.15) is 50.8 Å². The summed E-state index contributed by atoms with van der Waals surface area (Å²) in [4.78, 5) is 18.9. The zero-order chi connectivity index (χ0) is 12.5. The lowest BCUT2D eigenvalue weighted by Gasteiger charge is -2.26. The normalized spacial score (nSPS) is 13.9. The summed E-state index contributed by atoms with van der Waals surface area (Å²) in [6.45, 7) is 9.87. The van der Waals surface area contributed by atoms with Crippen molar-refractivity contribution >= 4 is 0 Å². The van der Waals surface area contributed by atoms with Crippen LogP contribution >= 0.6 is 0 Å². The van der Waals surface area contributed by atoms with Crippen LogP contribution < -0.4 is 11.3 Å². The molecule has 1 aromatic heterocycles. The number of hydrogen-bond donors (Lipinski definition) is 2. The van der Waals surface area contributed by atoms with E-state index in [0.717, 1.165) is 12.1 Å². The number of nitrogens with zero attached hydrogens (tertiary/aromatic N) is 1. The molecule has 0 fully saturated rings. The number of hydrogen-bond acceptors (Lipinski definition) is 3. The Morgan fingerprint density at radius 2 is 2.00 bits per heavy atom. The predicted molar refractivity (Wildman–Crippen MR) is 65.4 cm³/mol.